The van der Waals surface area contributed by atoms with Crippen molar-refractivity contribution in [2.45, 2.75) is 90.1 Å². The van der Waals surface area contributed by atoms with Crippen LogP contribution in [0.4, 0.5) is 31.9 Å². The first kappa shape index (κ1) is 37.4. The molecule has 1 saturated heterocycles. The number of alkyl carbamates (subject to hydrolysis) is 1. The minimum Gasteiger partial charge on any atom is -0.444 e. The average molecular weight is 735 g/mol. The molecule has 3 heterocycles. The van der Waals surface area contributed by atoms with E-state index < -0.39 is 65.5 Å². The summed E-state index contributed by atoms with van der Waals surface area (Å²) >= 11 is 1.09. The fraction of sp³-hybridized carbons (Fsp3) is 0.429. The second-order valence-electron chi connectivity index (χ2n) is 14.0. The number of likely N-dealkylation sites (tertiary alicyclic amines) is 1. The Morgan fingerprint density at radius 2 is 1.61 bits per heavy atom. The van der Waals surface area contributed by atoms with E-state index in [1.807, 2.05) is 0 Å². The number of alkyl halides is 3. The smallest absolute Gasteiger partial charge is 0.444 e. The van der Waals surface area contributed by atoms with E-state index in [1.165, 1.54) is 27.5 Å². The standard InChI is InChI=1S/C35H38F4N4O7S/c1-33(2,3)49-31(45)43-17-25(47-32(46)50-34(4,5)6)28(48-30(44)40-16-21-8-7-9-23(36)14-21)24(43)15-20-10-12-22(13-11-20)26-18-42-19-27(35(37,38)39)41-29(42)51-26/h7-14,18-19,24-25,28H,15-17H2,1-6H3,(H,40,44)/t24-,25+,28+/m1/s1. The van der Waals surface area contributed by atoms with Gasteiger partial charge in [-0.3, -0.25) is 9.30 Å². The van der Waals surface area contributed by atoms with Gasteiger partial charge in [-0.25, -0.2) is 23.8 Å². The van der Waals surface area contributed by atoms with Crippen LogP contribution in [0, 0.1) is 5.82 Å². The number of halogens is 4. The molecule has 0 spiro atoms. The lowest BCUT2D eigenvalue weighted by Crippen LogP contribution is -2.46. The van der Waals surface area contributed by atoms with Crippen LogP contribution in [0.15, 0.2) is 60.9 Å². The van der Waals surface area contributed by atoms with Crippen molar-refractivity contribution < 1.29 is 50.9 Å². The van der Waals surface area contributed by atoms with Crippen molar-refractivity contribution in [2.24, 2.45) is 0 Å². The highest BCUT2D eigenvalue weighted by molar-refractivity contribution is 7.20. The average Bonchev–Trinajstić information content (AvgIpc) is 3.68. The number of hydrogen-bond acceptors (Lipinski definition) is 9. The topological polar surface area (TPSA) is 121 Å². The Labute approximate surface area is 295 Å². The SMILES string of the molecule is CC(C)(C)OC(=O)O[C@H]1CN(C(=O)OC(C)(C)C)[C@H](Cc2ccc(-c3cn4cc(C(F)(F)F)nc4s3)cc2)[C@@H]1OC(=O)NCc1cccc(F)c1. The minimum absolute atomic E-state index is 0.0617. The summed E-state index contributed by atoms with van der Waals surface area (Å²) in [5.74, 6) is -0.479. The monoisotopic (exact) mass is 734 g/mol. The van der Waals surface area contributed by atoms with Crippen molar-refractivity contribution in [2.75, 3.05) is 6.54 Å². The molecule has 0 unspecified atom stereocenters. The van der Waals surface area contributed by atoms with Crippen LogP contribution in [0.25, 0.3) is 15.4 Å². The molecule has 1 aliphatic rings. The largest absolute Gasteiger partial charge is 0.509 e. The number of benzene rings is 2. The summed E-state index contributed by atoms with van der Waals surface area (Å²) in [4.78, 5) is 45.4. The zero-order chi connectivity index (χ0) is 37.3. The summed E-state index contributed by atoms with van der Waals surface area (Å²) in [5, 5.41) is 2.58. The van der Waals surface area contributed by atoms with Crippen molar-refractivity contribution >= 4 is 34.6 Å². The molecule has 0 bridgehead atoms. The third-order valence-corrected chi connectivity index (χ3v) is 8.53. The molecule has 2 aromatic heterocycles. The van der Waals surface area contributed by atoms with E-state index in [0.717, 1.165) is 17.5 Å². The lowest BCUT2D eigenvalue weighted by molar-refractivity contribution is -0.140. The lowest BCUT2D eigenvalue weighted by atomic mass is 9.99. The second-order valence-corrected chi connectivity index (χ2v) is 15.0. The normalized spacial score (nSPS) is 18.1. The predicted octanol–water partition coefficient (Wildman–Crippen LogP) is 8.00. The van der Waals surface area contributed by atoms with Gasteiger partial charge in [-0.1, -0.05) is 47.7 Å². The highest BCUT2D eigenvalue weighted by atomic mass is 32.1. The molecule has 2 amide bonds. The molecule has 274 valence electrons. The Balaban J connectivity index is 1.41. The van der Waals surface area contributed by atoms with Gasteiger partial charge < -0.3 is 24.3 Å². The Morgan fingerprint density at radius 3 is 2.22 bits per heavy atom. The van der Waals surface area contributed by atoms with Crippen LogP contribution in [-0.4, -0.2) is 68.6 Å². The number of amides is 2. The van der Waals surface area contributed by atoms with Crippen LogP contribution < -0.4 is 5.32 Å². The van der Waals surface area contributed by atoms with E-state index in [9.17, 15) is 31.9 Å². The number of ether oxygens (including phenoxy) is 4. The fourth-order valence-corrected chi connectivity index (χ4v) is 6.34. The molecule has 5 rings (SSSR count). The van der Waals surface area contributed by atoms with Gasteiger partial charge in [0.2, 0.25) is 0 Å². The maximum atomic E-state index is 13.7. The van der Waals surface area contributed by atoms with Crippen molar-refractivity contribution in [3.8, 4) is 10.4 Å². The van der Waals surface area contributed by atoms with E-state index in [0.29, 0.717) is 21.6 Å². The lowest BCUT2D eigenvalue weighted by Gasteiger charge is -2.30. The van der Waals surface area contributed by atoms with Gasteiger partial charge in [0.15, 0.2) is 22.9 Å². The number of nitrogens with one attached hydrogen (secondary N) is 1. The number of hydrogen-bond donors (Lipinski definition) is 1. The number of imidazole rings is 1. The Bertz CT molecular complexity index is 1850. The van der Waals surface area contributed by atoms with Gasteiger partial charge in [0.25, 0.3) is 0 Å². The molecule has 1 N–H and O–H groups in total. The summed E-state index contributed by atoms with van der Waals surface area (Å²) in [6.45, 7) is 9.81. The van der Waals surface area contributed by atoms with Crippen LogP contribution in [0.5, 0.6) is 0 Å². The number of rotatable bonds is 7. The van der Waals surface area contributed by atoms with Crippen molar-refractivity contribution in [1.82, 2.24) is 19.6 Å². The van der Waals surface area contributed by atoms with Crippen LogP contribution in [0.3, 0.4) is 0 Å². The Kier molecular flexibility index (Phi) is 10.6. The third kappa shape index (κ3) is 9.90. The number of carbonyl (C=O) groups is 3. The molecule has 2 aromatic carbocycles. The van der Waals surface area contributed by atoms with Crippen LogP contribution >= 0.6 is 11.3 Å². The predicted molar refractivity (Wildman–Crippen MR) is 179 cm³/mol. The number of aromatic nitrogens is 2. The highest BCUT2D eigenvalue weighted by Crippen LogP contribution is 2.35. The molecule has 16 heteroatoms. The molecular formula is C35H38F4N4O7S. The number of carbonyl (C=O) groups excluding carboxylic acids is 3. The van der Waals surface area contributed by atoms with Crippen molar-refractivity contribution in [3.63, 3.8) is 0 Å². The first-order chi connectivity index (χ1) is 23.7. The Hall–Kier alpha value is -4.86. The zero-order valence-corrected chi connectivity index (χ0v) is 29.6. The van der Waals surface area contributed by atoms with Crippen LogP contribution in [-0.2, 0) is 38.1 Å². The van der Waals surface area contributed by atoms with Gasteiger partial charge in [-0.15, -0.1) is 0 Å². The minimum atomic E-state index is -4.55. The maximum Gasteiger partial charge on any atom is 0.509 e. The van der Waals surface area contributed by atoms with Gasteiger partial charge in [-0.2, -0.15) is 13.2 Å². The molecule has 0 saturated carbocycles. The molecule has 4 aromatic rings. The summed E-state index contributed by atoms with van der Waals surface area (Å²) in [6, 6.07) is 11.9. The summed E-state index contributed by atoms with van der Waals surface area (Å²) in [5.41, 5.74) is -0.861. The second kappa shape index (κ2) is 14.4. The molecule has 0 aliphatic carbocycles. The maximum absolute atomic E-state index is 13.7. The third-order valence-electron chi connectivity index (χ3n) is 7.49. The fourth-order valence-electron chi connectivity index (χ4n) is 5.37. The van der Waals surface area contributed by atoms with E-state index in [-0.39, 0.29) is 24.5 Å². The van der Waals surface area contributed by atoms with Gasteiger partial charge >= 0.3 is 24.5 Å². The quantitative estimate of drug-likeness (QED) is 0.115. The van der Waals surface area contributed by atoms with Gasteiger partial charge in [0.05, 0.1) is 17.5 Å². The Morgan fingerprint density at radius 1 is 0.922 bits per heavy atom. The number of thiazole rings is 1. The van der Waals surface area contributed by atoms with Crippen molar-refractivity contribution in [3.05, 3.63) is 83.6 Å². The number of fused-ring (bicyclic) bond motifs is 1. The molecule has 51 heavy (non-hydrogen) atoms. The van der Waals surface area contributed by atoms with Crippen molar-refractivity contribution in [1.29, 1.82) is 0 Å². The summed E-state index contributed by atoms with van der Waals surface area (Å²) in [7, 11) is 0. The molecule has 1 fully saturated rings. The molecule has 11 nitrogen and oxygen atoms in total. The van der Waals surface area contributed by atoms with E-state index in [2.05, 4.69) is 10.3 Å². The first-order valence-corrected chi connectivity index (χ1v) is 16.8. The van der Waals surface area contributed by atoms with Gasteiger partial charge in [-0.05, 0) is 76.8 Å². The van der Waals surface area contributed by atoms with E-state index in [4.69, 9.17) is 18.9 Å². The number of nitrogens with zero attached hydrogens (tertiary/aromatic N) is 3. The van der Waals surface area contributed by atoms with Gasteiger partial charge in [0, 0.05) is 18.9 Å². The van der Waals surface area contributed by atoms with Crippen LogP contribution in [0.1, 0.15) is 58.4 Å². The zero-order valence-electron chi connectivity index (χ0n) is 28.7. The van der Waals surface area contributed by atoms with E-state index >= 15 is 0 Å². The molecule has 3 atom stereocenters. The summed E-state index contributed by atoms with van der Waals surface area (Å²) in [6.07, 6.45) is -6.94. The molecule has 1 aliphatic heterocycles. The first-order valence-electron chi connectivity index (χ1n) is 16.0. The summed E-state index contributed by atoms with van der Waals surface area (Å²) < 4.78 is 76.8. The molecule has 0 radical (unpaired) electrons. The highest BCUT2D eigenvalue weighted by Gasteiger charge is 2.50. The van der Waals surface area contributed by atoms with Gasteiger partial charge in [0.1, 0.15) is 17.0 Å². The van der Waals surface area contributed by atoms with Crippen LogP contribution in [0.2, 0.25) is 0 Å². The molecular weight excluding hydrogens is 696 g/mol. The van der Waals surface area contributed by atoms with E-state index in [1.54, 1.807) is 78.1 Å².